The Morgan fingerprint density at radius 2 is 1.95 bits per heavy atom. The van der Waals surface area contributed by atoms with E-state index in [-0.39, 0.29) is 0 Å². The molecule has 0 saturated heterocycles. The van der Waals surface area contributed by atoms with E-state index in [0.29, 0.717) is 12.1 Å². The summed E-state index contributed by atoms with van der Waals surface area (Å²) in [6.07, 6.45) is 7.83. The fourth-order valence-electron chi connectivity index (χ4n) is 2.64. The van der Waals surface area contributed by atoms with Crippen LogP contribution in [0.2, 0.25) is 0 Å². The fraction of sp³-hybridized carbons (Fsp3) is 0.824. The number of aromatic nitrogens is 2. The van der Waals surface area contributed by atoms with Crippen LogP contribution in [-0.4, -0.2) is 47.9 Å². The van der Waals surface area contributed by atoms with E-state index in [4.69, 9.17) is 5.10 Å². The molecule has 122 valence electrons. The summed E-state index contributed by atoms with van der Waals surface area (Å²) in [5.74, 6) is 0. The normalized spacial score (nSPS) is 13.3. The number of nitrogens with zero attached hydrogens (tertiary/aromatic N) is 3. The summed E-state index contributed by atoms with van der Waals surface area (Å²) >= 11 is 0. The molecule has 4 heteroatoms. The first-order valence-corrected chi connectivity index (χ1v) is 8.52. The van der Waals surface area contributed by atoms with Gasteiger partial charge in [-0.2, -0.15) is 5.10 Å². The van der Waals surface area contributed by atoms with Crippen molar-refractivity contribution in [3.8, 4) is 0 Å². The van der Waals surface area contributed by atoms with Gasteiger partial charge in [0, 0.05) is 18.7 Å². The first kappa shape index (κ1) is 18.2. The van der Waals surface area contributed by atoms with Crippen LogP contribution in [0.4, 0.5) is 0 Å². The molecule has 0 aliphatic heterocycles. The van der Waals surface area contributed by atoms with Crippen LogP contribution in [-0.2, 0) is 6.42 Å². The molecule has 1 atom stereocenters. The van der Waals surface area contributed by atoms with Crippen LogP contribution < -0.4 is 5.32 Å². The van der Waals surface area contributed by atoms with Crippen molar-refractivity contribution >= 4 is 0 Å². The average molecular weight is 294 g/mol. The first-order chi connectivity index (χ1) is 10.1. The molecule has 0 fully saturated rings. The Morgan fingerprint density at radius 3 is 2.52 bits per heavy atom. The highest BCUT2D eigenvalue weighted by Gasteiger charge is 2.13. The van der Waals surface area contributed by atoms with E-state index in [0.717, 1.165) is 32.4 Å². The van der Waals surface area contributed by atoms with Crippen molar-refractivity contribution < 1.29 is 0 Å². The average Bonchev–Trinajstić information content (AvgIpc) is 2.91. The minimum absolute atomic E-state index is 0.525. The molecule has 1 rings (SSSR count). The lowest BCUT2D eigenvalue weighted by molar-refractivity contribution is 0.353. The lowest BCUT2D eigenvalue weighted by Gasteiger charge is -2.20. The standard InChI is InChI=1S/C17H34N4/c1-6-11-18-15(9-12-20(4)5)14-16-10-13-21(19-16)17(7-2)8-3/h10,13,15,17-18H,6-9,11-12,14H2,1-5H3. The highest BCUT2D eigenvalue weighted by Crippen LogP contribution is 2.15. The van der Waals surface area contributed by atoms with Gasteiger partial charge < -0.3 is 10.2 Å². The van der Waals surface area contributed by atoms with Crippen molar-refractivity contribution in [2.45, 2.75) is 65.0 Å². The van der Waals surface area contributed by atoms with Crippen LogP contribution in [0.1, 0.15) is 58.2 Å². The highest BCUT2D eigenvalue weighted by atomic mass is 15.3. The van der Waals surface area contributed by atoms with E-state index < -0.39 is 0 Å². The molecule has 1 unspecified atom stereocenters. The van der Waals surface area contributed by atoms with E-state index in [2.05, 4.69) is 62.0 Å². The summed E-state index contributed by atoms with van der Waals surface area (Å²) in [4.78, 5) is 2.25. The monoisotopic (exact) mass is 294 g/mol. The van der Waals surface area contributed by atoms with Crippen LogP contribution in [0.3, 0.4) is 0 Å². The summed E-state index contributed by atoms with van der Waals surface area (Å²) < 4.78 is 2.15. The molecule has 1 N–H and O–H groups in total. The highest BCUT2D eigenvalue weighted by molar-refractivity contribution is 5.02. The van der Waals surface area contributed by atoms with Crippen molar-refractivity contribution in [3.63, 3.8) is 0 Å². The lowest BCUT2D eigenvalue weighted by atomic mass is 10.1. The summed E-state index contributed by atoms with van der Waals surface area (Å²) in [5, 5.41) is 8.45. The maximum atomic E-state index is 4.79. The molecule has 0 aliphatic rings. The molecule has 0 spiro atoms. The molecule has 0 aromatic carbocycles. The quantitative estimate of drug-likeness (QED) is 0.681. The van der Waals surface area contributed by atoms with Gasteiger partial charge in [0.05, 0.1) is 11.7 Å². The predicted octanol–water partition coefficient (Wildman–Crippen LogP) is 3.11. The SMILES string of the molecule is CCCNC(CCN(C)C)Cc1ccn(C(CC)CC)n1. The Morgan fingerprint density at radius 1 is 1.24 bits per heavy atom. The van der Waals surface area contributed by atoms with Crippen LogP contribution in [0.15, 0.2) is 12.3 Å². The zero-order chi connectivity index (χ0) is 15.7. The third-order valence-electron chi connectivity index (χ3n) is 4.04. The van der Waals surface area contributed by atoms with Gasteiger partial charge >= 0.3 is 0 Å². The van der Waals surface area contributed by atoms with Gasteiger partial charge in [0.1, 0.15) is 0 Å². The Labute approximate surface area is 130 Å². The molecule has 4 nitrogen and oxygen atoms in total. The van der Waals surface area contributed by atoms with Crippen molar-refractivity contribution in [1.82, 2.24) is 20.0 Å². The fourth-order valence-corrected chi connectivity index (χ4v) is 2.64. The second-order valence-corrected chi connectivity index (χ2v) is 6.20. The molecule has 0 radical (unpaired) electrons. The van der Waals surface area contributed by atoms with Gasteiger partial charge in [-0.3, -0.25) is 4.68 Å². The molecular weight excluding hydrogens is 260 g/mol. The van der Waals surface area contributed by atoms with E-state index in [1.165, 1.54) is 18.5 Å². The lowest BCUT2D eigenvalue weighted by Crippen LogP contribution is -2.34. The van der Waals surface area contributed by atoms with Crippen molar-refractivity contribution in [3.05, 3.63) is 18.0 Å². The van der Waals surface area contributed by atoms with E-state index in [1.54, 1.807) is 0 Å². The smallest absolute Gasteiger partial charge is 0.0640 e. The maximum Gasteiger partial charge on any atom is 0.0640 e. The molecule has 1 aromatic rings. The van der Waals surface area contributed by atoms with Gasteiger partial charge in [-0.05, 0) is 58.9 Å². The molecule has 0 amide bonds. The van der Waals surface area contributed by atoms with E-state index in [9.17, 15) is 0 Å². The third kappa shape index (κ3) is 6.62. The number of hydrogen-bond donors (Lipinski definition) is 1. The summed E-state index contributed by atoms with van der Waals surface area (Å²) in [7, 11) is 4.28. The third-order valence-corrected chi connectivity index (χ3v) is 4.04. The Bertz CT molecular complexity index is 369. The Hall–Kier alpha value is -0.870. The molecule has 21 heavy (non-hydrogen) atoms. The van der Waals surface area contributed by atoms with Crippen molar-refractivity contribution in [2.24, 2.45) is 0 Å². The predicted molar refractivity (Wildman–Crippen MR) is 90.8 cm³/mol. The Kier molecular flexibility index (Phi) is 8.62. The minimum Gasteiger partial charge on any atom is -0.314 e. The van der Waals surface area contributed by atoms with E-state index >= 15 is 0 Å². The molecule has 0 bridgehead atoms. The maximum absolute atomic E-state index is 4.79. The van der Waals surface area contributed by atoms with Gasteiger partial charge in [0.15, 0.2) is 0 Å². The second-order valence-electron chi connectivity index (χ2n) is 6.20. The summed E-state index contributed by atoms with van der Waals surface area (Å²) in [6, 6.07) is 3.26. The molecule has 0 aliphatic carbocycles. The first-order valence-electron chi connectivity index (χ1n) is 8.52. The molecule has 1 aromatic heterocycles. The van der Waals surface area contributed by atoms with Gasteiger partial charge in [-0.15, -0.1) is 0 Å². The number of rotatable bonds is 11. The second kappa shape index (κ2) is 9.96. The molecular formula is C17H34N4. The van der Waals surface area contributed by atoms with Gasteiger partial charge in [0.25, 0.3) is 0 Å². The zero-order valence-electron chi connectivity index (χ0n) is 14.6. The van der Waals surface area contributed by atoms with E-state index in [1.807, 2.05) is 0 Å². The number of nitrogens with one attached hydrogen (secondary N) is 1. The van der Waals surface area contributed by atoms with Crippen LogP contribution in [0, 0.1) is 0 Å². The van der Waals surface area contributed by atoms with Crippen LogP contribution in [0.25, 0.3) is 0 Å². The largest absolute Gasteiger partial charge is 0.314 e. The zero-order valence-corrected chi connectivity index (χ0v) is 14.6. The molecule has 0 saturated carbocycles. The van der Waals surface area contributed by atoms with Gasteiger partial charge in [-0.1, -0.05) is 20.8 Å². The van der Waals surface area contributed by atoms with Crippen LogP contribution in [0.5, 0.6) is 0 Å². The minimum atomic E-state index is 0.525. The van der Waals surface area contributed by atoms with Crippen LogP contribution >= 0.6 is 0 Å². The Balaban J connectivity index is 2.60. The van der Waals surface area contributed by atoms with Gasteiger partial charge in [-0.25, -0.2) is 0 Å². The van der Waals surface area contributed by atoms with Crippen molar-refractivity contribution in [2.75, 3.05) is 27.2 Å². The summed E-state index contributed by atoms with van der Waals surface area (Å²) in [5.41, 5.74) is 1.22. The van der Waals surface area contributed by atoms with Crippen molar-refractivity contribution in [1.29, 1.82) is 0 Å². The summed E-state index contributed by atoms with van der Waals surface area (Å²) in [6.45, 7) is 8.90. The topological polar surface area (TPSA) is 33.1 Å². The van der Waals surface area contributed by atoms with Gasteiger partial charge in [0.2, 0.25) is 0 Å². The number of hydrogen-bond acceptors (Lipinski definition) is 3. The molecule has 1 heterocycles.